The quantitative estimate of drug-likeness (QED) is 0.609. The number of ketones is 1. The van der Waals surface area contributed by atoms with Gasteiger partial charge >= 0.3 is 0 Å². The number of carbonyl (C=O) groups is 2. The van der Waals surface area contributed by atoms with Crippen LogP contribution in [0.3, 0.4) is 0 Å². The minimum Gasteiger partial charge on any atom is -0.309 e. The van der Waals surface area contributed by atoms with Gasteiger partial charge < -0.3 is 4.90 Å². The number of fused-ring (bicyclic) bond motifs is 1. The Kier molecular flexibility index (Phi) is 4.77. The smallest absolute Gasteiger partial charge is 0.230 e. The molecule has 1 heterocycles. The van der Waals surface area contributed by atoms with Crippen molar-refractivity contribution in [2.75, 3.05) is 4.90 Å². The van der Waals surface area contributed by atoms with E-state index in [-0.39, 0.29) is 23.7 Å². The lowest BCUT2D eigenvalue weighted by Crippen LogP contribution is -2.40. The molecule has 2 aliphatic rings. The number of anilines is 1. The topological polar surface area (TPSA) is 37.4 Å². The average molecular weight is 334 g/mol. The summed E-state index contributed by atoms with van der Waals surface area (Å²) in [5, 5.41) is -0.521. The molecule has 0 N–H and O–H groups in total. The summed E-state index contributed by atoms with van der Waals surface area (Å²) < 4.78 is 0. The zero-order valence-corrected chi connectivity index (χ0v) is 14.6. The Hall–Kier alpha value is -1.35. The SMILES string of the molecule is CC(Cl)C(=O)c1ccc2c(c1)CC(C)N2C(=O)C1CCCCC1. The molecule has 1 saturated carbocycles. The van der Waals surface area contributed by atoms with E-state index in [2.05, 4.69) is 6.92 Å². The molecule has 2 unspecified atom stereocenters. The van der Waals surface area contributed by atoms with Gasteiger partial charge in [-0.25, -0.2) is 0 Å². The molecule has 1 aliphatic heterocycles. The number of rotatable bonds is 3. The Morgan fingerprint density at radius 3 is 2.57 bits per heavy atom. The molecule has 1 fully saturated rings. The van der Waals surface area contributed by atoms with Gasteiger partial charge in [0, 0.05) is 23.2 Å². The van der Waals surface area contributed by atoms with Crippen LogP contribution in [0, 0.1) is 5.92 Å². The number of benzene rings is 1. The first-order valence-electron chi connectivity index (χ1n) is 8.63. The van der Waals surface area contributed by atoms with Crippen LogP contribution in [-0.2, 0) is 11.2 Å². The Labute approximate surface area is 143 Å². The van der Waals surface area contributed by atoms with Crippen molar-refractivity contribution in [1.82, 2.24) is 0 Å². The molecule has 1 amide bonds. The second kappa shape index (κ2) is 6.64. The van der Waals surface area contributed by atoms with Gasteiger partial charge in [-0.15, -0.1) is 11.6 Å². The molecular weight excluding hydrogens is 310 g/mol. The number of carbonyl (C=O) groups excluding carboxylic acids is 2. The van der Waals surface area contributed by atoms with E-state index in [9.17, 15) is 9.59 Å². The second-order valence-corrected chi connectivity index (χ2v) is 7.57. The Morgan fingerprint density at radius 1 is 1.22 bits per heavy atom. The number of alkyl halides is 1. The van der Waals surface area contributed by atoms with Gasteiger partial charge in [0.05, 0.1) is 5.38 Å². The summed E-state index contributed by atoms with van der Waals surface area (Å²) >= 11 is 5.91. The van der Waals surface area contributed by atoms with E-state index in [4.69, 9.17) is 11.6 Å². The second-order valence-electron chi connectivity index (χ2n) is 6.92. The zero-order chi connectivity index (χ0) is 16.6. The third-order valence-electron chi connectivity index (χ3n) is 5.13. The average Bonchev–Trinajstić information content (AvgIpc) is 2.89. The number of halogens is 1. The Balaban J connectivity index is 1.86. The third kappa shape index (κ3) is 3.16. The predicted molar refractivity (Wildman–Crippen MR) is 93.3 cm³/mol. The van der Waals surface area contributed by atoms with E-state index in [0.29, 0.717) is 5.56 Å². The van der Waals surface area contributed by atoms with Crippen molar-refractivity contribution in [2.24, 2.45) is 5.92 Å². The highest BCUT2D eigenvalue weighted by Crippen LogP contribution is 2.36. The van der Waals surface area contributed by atoms with Crippen molar-refractivity contribution in [2.45, 2.75) is 63.8 Å². The van der Waals surface area contributed by atoms with Crippen molar-refractivity contribution >= 4 is 29.0 Å². The summed E-state index contributed by atoms with van der Waals surface area (Å²) in [4.78, 5) is 27.0. The van der Waals surface area contributed by atoms with Gasteiger partial charge in [-0.3, -0.25) is 9.59 Å². The molecule has 124 valence electrons. The molecule has 0 radical (unpaired) electrons. The molecule has 2 atom stereocenters. The summed E-state index contributed by atoms with van der Waals surface area (Å²) in [5.74, 6) is 0.376. The first kappa shape index (κ1) is 16.5. The molecule has 1 aromatic carbocycles. The number of Topliss-reactive ketones (excluding diaryl/α,β-unsaturated/α-hetero) is 1. The molecule has 0 saturated heterocycles. The van der Waals surface area contributed by atoms with E-state index in [1.165, 1.54) is 6.42 Å². The molecule has 1 aromatic rings. The van der Waals surface area contributed by atoms with E-state index >= 15 is 0 Å². The summed E-state index contributed by atoms with van der Waals surface area (Å²) in [6.07, 6.45) is 6.40. The maximum Gasteiger partial charge on any atom is 0.230 e. The fourth-order valence-corrected chi connectivity index (χ4v) is 4.02. The predicted octanol–water partition coefficient (Wildman–Crippen LogP) is 4.35. The maximum absolute atomic E-state index is 12.9. The van der Waals surface area contributed by atoms with Gasteiger partial charge in [-0.2, -0.15) is 0 Å². The van der Waals surface area contributed by atoms with Crippen LogP contribution in [0.25, 0.3) is 0 Å². The number of hydrogen-bond donors (Lipinski definition) is 0. The Morgan fingerprint density at radius 2 is 1.91 bits per heavy atom. The lowest BCUT2D eigenvalue weighted by molar-refractivity contribution is -0.123. The van der Waals surface area contributed by atoms with Gasteiger partial charge in [0.25, 0.3) is 0 Å². The van der Waals surface area contributed by atoms with Crippen LogP contribution in [-0.4, -0.2) is 23.1 Å². The molecule has 4 heteroatoms. The van der Waals surface area contributed by atoms with Crippen LogP contribution in [0.5, 0.6) is 0 Å². The van der Waals surface area contributed by atoms with Crippen LogP contribution >= 0.6 is 11.6 Å². The largest absolute Gasteiger partial charge is 0.309 e. The van der Waals surface area contributed by atoms with E-state index < -0.39 is 5.38 Å². The van der Waals surface area contributed by atoms with Crippen molar-refractivity contribution < 1.29 is 9.59 Å². The summed E-state index contributed by atoms with van der Waals surface area (Å²) in [6.45, 7) is 3.78. The van der Waals surface area contributed by atoms with Crippen molar-refractivity contribution in [3.05, 3.63) is 29.3 Å². The van der Waals surface area contributed by atoms with Crippen LogP contribution in [0.15, 0.2) is 18.2 Å². The number of nitrogens with zero attached hydrogens (tertiary/aromatic N) is 1. The standard InChI is InChI=1S/C19H24ClNO2/c1-12-10-16-11-15(18(22)13(2)20)8-9-17(16)21(12)19(23)14-6-4-3-5-7-14/h8-9,11-14H,3-7,10H2,1-2H3. The monoisotopic (exact) mass is 333 g/mol. The van der Waals surface area contributed by atoms with E-state index in [0.717, 1.165) is 43.4 Å². The lowest BCUT2D eigenvalue weighted by Gasteiger charge is -2.29. The zero-order valence-electron chi connectivity index (χ0n) is 13.8. The van der Waals surface area contributed by atoms with Crippen LogP contribution in [0.4, 0.5) is 5.69 Å². The molecule has 23 heavy (non-hydrogen) atoms. The molecule has 0 bridgehead atoms. The van der Waals surface area contributed by atoms with Gasteiger partial charge in [0.15, 0.2) is 5.78 Å². The number of hydrogen-bond acceptors (Lipinski definition) is 2. The van der Waals surface area contributed by atoms with Crippen molar-refractivity contribution in [1.29, 1.82) is 0 Å². The third-order valence-corrected chi connectivity index (χ3v) is 5.33. The summed E-state index contributed by atoms with van der Waals surface area (Å²) in [7, 11) is 0. The van der Waals surface area contributed by atoms with Crippen molar-refractivity contribution in [3.8, 4) is 0 Å². The van der Waals surface area contributed by atoms with Gasteiger partial charge in [0.2, 0.25) is 5.91 Å². The molecule has 1 aliphatic carbocycles. The summed E-state index contributed by atoms with van der Waals surface area (Å²) in [6, 6.07) is 5.81. The van der Waals surface area contributed by atoms with Gasteiger partial charge in [0.1, 0.15) is 0 Å². The molecular formula is C19H24ClNO2. The van der Waals surface area contributed by atoms with Crippen LogP contribution < -0.4 is 4.90 Å². The minimum absolute atomic E-state index is 0.0563. The highest BCUT2D eigenvalue weighted by molar-refractivity contribution is 6.33. The first-order valence-corrected chi connectivity index (χ1v) is 9.07. The number of amides is 1. The maximum atomic E-state index is 12.9. The van der Waals surface area contributed by atoms with Gasteiger partial charge in [-0.1, -0.05) is 19.3 Å². The van der Waals surface area contributed by atoms with Gasteiger partial charge in [-0.05, 0) is 56.9 Å². The molecule has 3 rings (SSSR count). The normalized spacial score (nSPS) is 22.7. The molecule has 3 nitrogen and oxygen atoms in total. The highest BCUT2D eigenvalue weighted by Gasteiger charge is 2.35. The van der Waals surface area contributed by atoms with E-state index in [1.54, 1.807) is 13.0 Å². The van der Waals surface area contributed by atoms with Crippen molar-refractivity contribution in [3.63, 3.8) is 0 Å². The van der Waals surface area contributed by atoms with Crippen LogP contribution in [0.2, 0.25) is 0 Å². The van der Waals surface area contributed by atoms with E-state index in [1.807, 2.05) is 17.0 Å². The summed E-state index contributed by atoms with van der Waals surface area (Å²) in [5.41, 5.74) is 2.71. The fraction of sp³-hybridized carbons (Fsp3) is 0.579. The highest BCUT2D eigenvalue weighted by atomic mass is 35.5. The lowest BCUT2D eigenvalue weighted by atomic mass is 9.88. The minimum atomic E-state index is -0.521. The Bertz CT molecular complexity index is 620. The molecule has 0 aromatic heterocycles. The van der Waals surface area contributed by atoms with Crippen LogP contribution in [0.1, 0.15) is 61.9 Å². The fourth-order valence-electron chi connectivity index (χ4n) is 3.90. The molecule has 0 spiro atoms. The first-order chi connectivity index (χ1) is 11.0.